The van der Waals surface area contributed by atoms with Crippen LogP contribution < -0.4 is 0 Å². The number of hydrogen-bond acceptors (Lipinski definition) is 4. The summed E-state index contributed by atoms with van der Waals surface area (Å²) in [4.78, 5) is 11.4. The minimum atomic E-state index is -0.449. The maximum atomic E-state index is 11.4. The topological polar surface area (TPSA) is 44.8 Å². The van der Waals surface area contributed by atoms with Crippen LogP contribution in [0.15, 0.2) is 0 Å². The molecule has 1 atom stereocenters. The largest absolute Gasteiger partial charge is 0.469 e. The minimum absolute atomic E-state index is 0.149. The fraction of sp³-hybridized carbons (Fsp3) is 0.929. The second-order valence-corrected chi connectivity index (χ2v) is 6.02. The molecule has 1 spiro atoms. The van der Waals surface area contributed by atoms with Crippen molar-refractivity contribution in [1.29, 1.82) is 0 Å². The highest BCUT2D eigenvalue weighted by molar-refractivity contribution is 5.69. The van der Waals surface area contributed by atoms with E-state index in [4.69, 9.17) is 14.2 Å². The van der Waals surface area contributed by atoms with Gasteiger partial charge in [0.1, 0.15) is 0 Å². The van der Waals surface area contributed by atoms with Crippen LogP contribution in [0.1, 0.15) is 46.0 Å². The Labute approximate surface area is 109 Å². The molecule has 4 heteroatoms. The van der Waals surface area contributed by atoms with E-state index >= 15 is 0 Å². The molecule has 1 heterocycles. The highest BCUT2D eigenvalue weighted by Crippen LogP contribution is 2.51. The Morgan fingerprint density at radius 1 is 1.28 bits per heavy atom. The van der Waals surface area contributed by atoms with Gasteiger partial charge in [0.05, 0.1) is 20.3 Å². The zero-order chi connectivity index (χ0) is 13.2. The van der Waals surface area contributed by atoms with E-state index in [1.807, 2.05) is 0 Å². The highest BCUT2D eigenvalue weighted by atomic mass is 16.7. The molecule has 1 aliphatic heterocycles. The maximum absolute atomic E-state index is 11.4. The lowest BCUT2D eigenvalue weighted by atomic mass is 9.64. The Hall–Kier alpha value is -0.610. The molecular formula is C14H24O4. The molecule has 2 aliphatic rings. The average Bonchev–Trinajstić information content (AvgIpc) is 2.76. The van der Waals surface area contributed by atoms with Crippen LogP contribution in [0.3, 0.4) is 0 Å². The quantitative estimate of drug-likeness (QED) is 0.728. The summed E-state index contributed by atoms with van der Waals surface area (Å²) in [5.74, 6) is -0.333. The molecule has 0 amide bonds. The number of ether oxygens (including phenoxy) is 3. The van der Waals surface area contributed by atoms with Crippen molar-refractivity contribution in [3.8, 4) is 0 Å². The third-order valence-corrected chi connectivity index (χ3v) is 4.46. The number of carbonyl (C=O) groups is 1. The van der Waals surface area contributed by atoms with Gasteiger partial charge in [-0.05, 0) is 24.7 Å². The molecule has 0 aromatic rings. The number of rotatable bonds is 3. The van der Waals surface area contributed by atoms with Crippen LogP contribution in [0.5, 0.6) is 0 Å². The van der Waals surface area contributed by atoms with Crippen molar-refractivity contribution in [3.05, 3.63) is 0 Å². The van der Waals surface area contributed by atoms with E-state index in [0.29, 0.717) is 19.6 Å². The van der Waals surface area contributed by atoms with E-state index in [1.165, 1.54) is 7.11 Å². The van der Waals surface area contributed by atoms with Gasteiger partial charge in [-0.3, -0.25) is 4.79 Å². The molecule has 1 saturated carbocycles. The van der Waals surface area contributed by atoms with Gasteiger partial charge in [-0.15, -0.1) is 0 Å². The molecule has 1 aliphatic carbocycles. The van der Waals surface area contributed by atoms with Crippen LogP contribution >= 0.6 is 0 Å². The molecular weight excluding hydrogens is 232 g/mol. The zero-order valence-corrected chi connectivity index (χ0v) is 11.7. The smallest absolute Gasteiger partial charge is 0.305 e. The van der Waals surface area contributed by atoms with Crippen LogP contribution in [-0.2, 0) is 19.0 Å². The fourth-order valence-electron chi connectivity index (χ4n) is 3.53. The first-order chi connectivity index (χ1) is 8.50. The Kier molecular flexibility index (Phi) is 3.97. The van der Waals surface area contributed by atoms with Gasteiger partial charge in [0.25, 0.3) is 0 Å². The van der Waals surface area contributed by atoms with Gasteiger partial charge in [0.2, 0.25) is 0 Å². The summed E-state index contributed by atoms with van der Waals surface area (Å²) in [6.07, 6.45) is 4.45. The van der Waals surface area contributed by atoms with E-state index < -0.39 is 5.79 Å². The monoisotopic (exact) mass is 256 g/mol. The lowest BCUT2D eigenvalue weighted by Gasteiger charge is -2.49. The first-order valence-electron chi connectivity index (χ1n) is 6.85. The zero-order valence-electron chi connectivity index (χ0n) is 11.7. The van der Waals surface area contributed by atoms with Crippen molar-refractivity contribution in [2.24, 2.45) is 11.3 Å². The molecule has 2 rings (SSSR count). The molecule has 0 aromatic carbocycles. The van der Waals surface area contributed by atoms with Crippen molar-refractivity contribution in [2.75, 3.05) is 20.3 Å². The third kappa shape index (κ3) is 2.54. The average molecular weight is 256 g/mol. The summed E-state index contributed by atoms with van der Waals surface area (Å²) in [7, 11) is 1.44. The maximum Gasteiger partial charge on any atom is 0.305 e. The van der Waals surface area contributed by atoms with E-state index in [1.54, 1.807) is 0 Å². The van der Waals surface area contributed by atoms with E-state index in [0.717, 1.165) is 25.7 Å². The molecule has 2 fully saturated rings. The second kappa shape index (κ2) is 5.17. The van der Waals surface area contributed by atoms with Crippen LogP contribution in [-0.4, -0.2) is 32.1 Å². The predicted molar refractivity (Wildman–Crippen MR) is 67.0 cm³/mol. The van der Waals surface area contributed by atoms with Crippen molar-refractivity contribution >= 4 is 5.97 Å². The second-order valence-electron chi connectivity index (χ2n) is 6.02. The summed E-state index contributed by atoms with van der Waals surface area (Å²) in [5.41, 5.74) is 0.149. The number of carbonyl (C=O) groups excluding carboxylic acids is 1. The van der Waals surface area contributed by atoms with Crippen LogP contribution in [0.2, 0.25) is 0 Å². The van der Waals surface area contributed by atoms with Gasteiger partial charge in [-0.1, -0.05) is 13.8 Å². The van der Waals surface area contributed by atoms with Crippen molar-refractivity contribution < 1.29 is 19.0 Å². The van der Waals surface area contributed by atoms with Gasteiger partial charge in [-0.25, -0.2) is 0 Å². The van der Waals surface area contributed by atoms with E-state index in [2.05, 4.69) is 13.8 Å². The van der Waals surface area contributed by atoms with Crippen molar-refractivity contribution in [1.82, 2.24) is 0 Å². The molecule has 0 bridgehead atoms. The van der Waals surface area contributed by atoms with Crippen molar-refractivity contribution in [2.45, 2.75) is 51.7 Å². The summed E-state index contributed by atoms with van der Waals surface area (Å²) in [6, 6.07) is 0. The predicted octanol–water partition coefficient (Wildman–Crippen LogP) is 2.51. The number of hydrogen-bond donors (Lipinski definition) is 0. The Morgan fingerprint density at radius 2 is 1.94 bits per heavy atom. The molecule has 0 N–H and O–H groups in total. The Morgan fingerprint density at radius 3 is 2.56 bits per heavy atom. The van der Waals surface area contributed by atoms with E-state index in [9.17, 15) is 4.79 Å². The van der Waals surface area contributed by atoms with Crippen molar-refractivity contribution in [3.63, 3.8) is 0 Å². The lowest BCUT2D eigenvalue weighted by molar-refractivity contribution is -0.242. The lowest BCUT2D eigenvalue weighted by Crippen LogP contribution is -2.50. The highest BCUT2D eigenvalue weighted by Gasteiger charge is 2.52. The molecule has 0 radical (unpaired) electrons. The Bertz CT molecular complexity index is 305. The van der Waals surface area contributed by atoms with Crippen LogP contribution in [0.4, 0.5) is 0 Å². The van der Waals surface area contributed by atoms with Gasteiger partial charge >= 0.3 is 5.97 Å². The summed E-state index contributed by atoms with van der Waals surface area (Å²) in [5, 5.41) is 0. The summed E-state index contributed by atoms with van der Waals surface area (Å²) in [6.45, 7) is 5.84. The number of methoxy groups -OCH3 is 1. The molecule has 18 heavy (non-hydrogen) atoms. The first-order valence-corrected chi connectivity index (χ1v) is 6.85. The molecule has 104 valence electrons. The standard InChI is InChI=1S/C14H24O4/c1-13(2)7-4-8-14(17-9-10-18-14)11(13)5-6-12(15)16-3/h11H,4-10H2,1-3H3. The van der Waals surface area contributed by atoms with Gasteiger partial charge in [-0.2, -0.15) is 0 Å². The normalized spacial score (nSPS) is 29.4. The molecule has 0 aromatic heterocycles. The summed E-state index contributed by atoms with van der Waals surface area (Å²) >= 11 is 0. The molecule has 1 unspecified atom stereocenters. The van der Waals surface area contributed by atoms with Crippen LogP contribution in [0, 0.1) is 11.3 Å². The number of esters is 1. The first kappa shape index (κ1) is 13.8. The molecule has 1 saturated heterocycles. The van der Waals surface area contributed by atoms with E-state index in [-0.39, 0.29) is 17.3 Å². The van der Waals surface area contributed by atoms with Gasteiger partial charge in [0, 0.05) is 18.8 Å². The SMILES string of the molecule is COC(=O)CCC1C(C)(C)CCCC12OCCO2. The Balaban J connectivity index is 2.10. The third-order valence-electron chi connectivity index (χ3n) is 4.46. The minimum Gasteiger partial charge on any atom is -0.469 e. The van der Waals surface area contributed by atoms with Crippen LogP contribution in [0.25, 0.3) is 0 Å². The fourth-order valence-corrected chi connectivity index (χ4v) is 3.53. The summed E-state index contributed by atoms with van der Waals surface area (Å²) < 4.78 is 16.6. The van der Waals surface area contributed by atoms with Gasteiger partial charge in [0.15, 0.2) is 5.79 Å². The molecule has 4 nitrogen and oxygen atoms in total. The van der Waals surface area contributed by atoms with Gasteiger partial charge < -0.3 is 14.2 Å².